The molecule has 178 valence electrons. The van der Waals surface area contributed by atoms with Crippen molar-refractivity contribution >= 4 is 29.2 Å². The van der Waals surface area contributed by atoms with Crippen LogP contribution in [0.5, 0.6) is 0 Å². The van der Waals surface area contributed by atoms with E-state index in [2.05, 4.69) is 15.3 Å². The topological polar surface area (TPSA) is 121 Å². The van der Waals surface area contributed by atoms with Crippen molar-refractivity contribution < 1.29 is 24.8 Å². The van der Waals surface area contributed by atoms with Crippen LogP contribution >= 0.6 is 11.3 Å². The monoisotopic (exact) mass is 491 g/mol. The summed E-state index contributed by atoms with van der Waals surface area (Å²) in [5.74, 6) is -0.532. The van der Waals surface area contributed by atoms with Gasteiger partial charge in [-0.1, -0.05) is 12.1 Å². The van der Waals surface area contributed by atoms with Crippen molar-refractivity contribution in [2.45, 2.75) is 30.3 Å². The van der Waals surface area contributed by atoms with E-state index >= 15 is 0 Å². The van der Waals surface area contributed by atoms with Crippen LogP contribution in [-0.2, 0) is 0 Å². The molecule has 1 fully saturated rings. The number of hydrogen-bond acceptors (Lipinski definition) is 7. The van der Waals surface area contributed by atoms with Gasteiger partial charge in [0.25, 0.3) is 0 Å². The van der Waals surface area contributed by atoms with Crippen LogP contribution in [0.1, 0.15) is 32.6 Å². The maximum Gasteiger partial charge on any atom is 0.127 e. The van der Waals surface area contributed by atoms with Gasteiger partial charge in [-0.15, -0.1) is 11.3 Å². The van der Waals surface area contributed by atoms with Gasteiger partial charge < -0.3 is 30.7 Å². The van der Waals surface area contributed by atoms with E-state index in [9.17, 15) is 24.8 Å². The molecule has 0 amide bonds. The van der Waals surface area contributed by atoms with Crippen molar-refractivity contribution in [1.82, 2.24) is 10.3 Å². The predicted molar refractivity (Wildman–Crippen MR) is 131 cm³/mol. The maximum atomic E-state index is 13.7. The van der Waals surface area contributed by atoms with E-state index in [0.29, 0.717) is 17.1 Å². The molecule has 35 heavy (non-hydrogen) atoms. The summed E-state index contributed by atoms with van der Waals surface area (Å²) in [5, 5.41) is 45.3. The fourth-order valence-corrected chi connectivity index (χ4v) is 5.75. The Kier molecular flexibility index (Phi) is 5.32. The normalized spacial score (nSPS) is 27.6. The molecule has 5 unspecified atom stereocenters. The van der Waals surface area contributed by atoms with Crippen LogP contribution < -0.4 is 5.32 Å². The van der Waals surface area contributed by atoms with Crippen LogP contribution in [0, 0.1) is 5.82 Å². The summed E-state index contributed by atoms with van der Waals surface area (Å²) in [6.45, 7) is 0. The van der Waals surface area contributed by atoms with Crippen LogP contribution in [0.25, 0.3) is 12.2 Å². The predicted octanol–water partition coefficient (Wildman–Crippen LogP) is 2.48. The van der Waals surface area contributed by atoms with Crippen LogP contribution in [0.4, 0.5) is 4.39 Å². The number of aliphatic imine (C=N–C) groups is 1. The molecule has 6 rings (SSSR count). The van der Waals surface area contributed by atoms with Gasteiger partial charge in [-0.05, 0) is 60.2 Å². The lowest BCUT2D eigenvalue weighted by Gasteiger charge is -2.15. The molecule has 2 aromatic heterocycles. The average molecular weight is 492 g/mol. The lowest BCUT2D eigenvalue weighted by molar-refractivity contribution is 0.0811. The van der Waals surface area contributed by atoms with Crippen molar-refractivity contribution in [3.05, 3.63) is 104 Å². The zero-order valence-electron chi connectivity index (χ0n) is 18.3. The fourth-order valence-electron chi connectivity index (χ4n) is 4.65. The number of aliphatic hydroxyl groups excluding tert-OH is 4. The molecule has 1 aromatic carbocycles. The number of nitrogens with zero attached hydrogens (tertiary/aromatic N) is 1. The van der Waals surface area contributed by atoms with Crippen molar-refractivity contribution in [3.63, 3.8) is 0 Å². The van der Waals surface area contributed by atoms with E-state index in [4.69, 9.17) is 0 Å². The Labute approximate surface area is 203 Å². The van der Waals surface area contributed by atoms with Crippen LogP contribution in [0.15, 0.2) is 76.7 Å². The van der Waals surface area contributed by atoms with E-state index < -0.39 is 24.4 Å². The quantitative estimate of drug-likeness (QED) is 0.312. The van der Waals surface area contributed by atoms with Crippen molar-refractivity contribution in [2.75, 3.05) is 0 Å². The van der Waals surface area contributed by atoms with E-state index in [1.54, 1.807) is 24.3 Å². The number of nitrogens with one attached hydrogen (secondary N) is 2. The van der Waals surface area contributed by atoms with Crippen LogP contribution in [-0.4, -0.2) is 55.5 Å². The lowest BCUT2D eigenvalue weighted by Crippen LogP contribution is -2.29. The minimum atomic E-state index is -1.26. The first kappa shape index (κ1) is 22.1. The highest BCUT2D eigenvalue weighted by Gasteiger charge is 2.36. The van der Waals surface area contributed by atoms with Gasteiger partial charge in [0.05, 0.1) is 17.3 Å². The third-order valence-corrected chi connectivity index (χ3v) is 7.57. The van der Waals surface area contributed by atoms with Gasteiger partial charge in [0, 0.05) is 32.5 Å². The highest BCUT2D eigenvalue weighted by molar-refractivity contribution is 7.13. The Balaban J connectivity index is 1.54. The van der Waals surface area contributed by atoms with Gasteiger partial charge >= 0.3 is 0 Å². The minimum absolute atomic E-state index is 0.189. The Hall–Kier alpha value is -3.34. The summed E-state index contributed by atoms with van der Waals surface area (Å²) in [6.07, 6.45) is -0.0352. The summed E-state index contributed by atoms with van der Waals surface area (Å²) in [5.41, 5.74) is 3.62. The number of rotatable bonds is 1. The van der Waals surface area contributed by atoms with Gasteiger partial charge in [0.1, 0.15) is 30.2 Å². The summed E-state index contributed by atoms with van der Waals surface area (Å²) < 4.78 is 13.7. The number of fused-ring (bicyclic) bond motifs is 7. The Morgan fingerprint density at radius 2 is 1.51 bits per heavy atom. The molecule has 5 heterocycles. The molecule has 8 bridgehead atoms. The molecule has 0 radical (unpaired) electrons. The van der Waals surface area contributed by atoms with Gasteiger partial charge in [0.2, 0.25) is 0 Å². The molecule has 0 saturated carbocycles. The summed E-state index contributed by atoms with van der Waals surface area (Å²) in [4.78, 5) is 9.61. The minimum Gasteiger partial charge on any atom is -0.384 e. The third kappa shape index (κ3) is 3.87. The molecule has 5 atom stereocenters. The molecule has 1 saturated heterocycles. The number of aliphatic hydroxyl groups is 4. The second kappa shape index (κ2) is 8.40. The molecule has 9 heteroatoms. The number of halogens is 1. The number of hydrogen-bond donors (Lipinski definition) is 6. The van der Waals surface area contributed by atoms with Crippen LogP contribution in [0.2, 0.25) is 0 Å². The lowest BCUT2D eigenvalue weighted by atomic mass is 9.94. The second-order valence-corrected chi connectivity index (χ2v) is 9.95. The highest BCUT2D eigenvalue weighted by atomic mass is 32.1. The van der Waals surface area contributed by atoms with Crippen molar-refractivity contribution in [3.8, 4) is 0 Å². The SMILES string of the molecule is OC1C2=Cc3ccc(s3)C(c3ccc(F)cc3)c3ccc([nH]3)C=C3NC(=CC(=N2)C1O)C(O)C3O. The zero-order valence-corrected chi connectivity index (χ0v) is 19.1. The number of H-pyrrole nitrogens is 1. The molecular weight excluding hydrogens is 469 g/mol. The number of aromatic amines is 1. The average Bonchev–Trinajstić information content (AvgIpc) is 3.60. The third-order valence-electron chi connectivity index (χ3n) is 6.47. The summed E-state index contributed by atoms with van der Waals surface area (Å²) >= 11 is 1.51. The summed E-state index contributed by atoms with van der Waals surface area (Å²) in [7, 11) is 0. The molecule has 0 spiro atoms. The van der Waals surface area contributed by atoms with Crippen molar-refractivity contribution in [2.24, 2.45) is 4.99 Å². The van der Waals surface area contributed by atoms with E-state index in [1.807, 2.05) is 24.3 Å². The first-order chi connectivity index (χ1) is 16.9. The Morgan fingerprint density at radius 1 is 0.771 bits per heavy atom. The Morgan fingerprint density at radius 3 is 2.29 bits per heavy atom. The van der Waals surface area contributed by atoms with E-state index in [1.165, 1.54) is 29.5 Å². The summed E-state index contributed by atoms with van der Waals surface area (Å²) in [6, 6.07) is 14.1. The number of thiophene rings is 1. The van der Waals surface area contributed by atoms with Gasteiger partial charge in [-0.25, -0.2) is 4.39 Å². The molecule has 6 N–H and O–H groups in total. The van der Waals surface area contributed by atoms with Crippen LogP contribution in [0.3, 0.4) is 0 Å². The Bertz CT molecular complexity index is 1420. The molecule has 3 aliphatic heterocycles. The van der Waals surface area contributed by atoms with Gasteiger partial charge in [0.15, 0.2) is 0 Å². The maximum absolute atomic E-state index is 13.7. The fraction of sp³-hybridized carbons (Fsp3) is 0.192. The van der Waals surface area contributed by atoms with Gasteiger partial charge in [-0.2, -0.15) is 0 Å². The number of aromatic nitrogens is 1. The highest BCUT2D eigenvalue weighted by Crippen LogP contribution is 2.37. The molecule has 3 aromatic rings. The van der Waals surface area contributed by atoms with E-state index in [-0.39, 0.29) is 23.1 Å². The van der Waals surface area contributed by atoms with E-state index in [0.717, 1.165) is 21.0 Å². The molecule has 0 aliphatic carbocycles. The largest absolute Gasteiger partial charge is 0.384 e. The standard InChI is InChI=1S/C26H22FN3O4S/c27-13-3-1-12(2-4-13)22-16-7-5-14(28-16)9-17-23(31)25(33)19(29-17)11-20-26(34)24(32)18(30-20)10-15-6-8-21(22)35-15/h1-11,22-26,28-29,31-34H. The number of benzene rings is 1. The smallest absolute Gasteiger partial charge is 0.127 e. The first-order valence-corrected chi connectivity index (χ1v) is 12.0. The molecular formula is C26H22FN3O4S. The molecule has 3 aliphatic rings. The zero-order chi connectivity index (χ0) is 24.3. The molecule has 7 nitrogen and oxygen atoms in total. The first-order valence-electron chi connectivity index (χ1n) is 11.1. The second-order valence-electron chi connectivity index (χ2n) is 8.80. The van der Waals surface area contributed by atoms with Gasteiger partial charge in [-0.3, -0.25) is 4.99 Å². The van der Waals surface area contributed by atoms with Crippen molar-refractivity contribution in [1.29, 1.82) is 0 Å².